The van der Waals surface area contributed by atoms with Gasteiger partial charge in [-0.3, -0.25) is 25.0 Å². The van der Waals surface area contributed by atoms with Crippen LogP contribution in [0.3, 0.4) is 0 Å². The second-order valence-corrected chi connectivity index (χ2v) is 7.10. The second-order valence-electron chi connectivity index (χ2n) is 7.10. The highest BCUT2D eigenvalue weighted by molar-refractivity contribution is 5.96. The average molecular weight is 398 g/mol. The summed E-state index contributed by atoms with van der Waals surface area (Å²) < 4.78 is 0. The van der Waals surface area contributed by atoms with Crippen molar-refractivity contribution in [2.75, 3.05) is 25.0 Å². The van der Waals surface area contributed by atoms with Crippen LogP contribution in [0.5, 0.6) is 0 Å². The van der Waals surface area contributed by atoms with E-state index in [1.165, 1.54) is 23.1 Å². The third-order valence-electron chi connectivity index (χ3n) is 5.33. The van der Waals surface area contributed by atoms with E-state index in [4.69, 9.17) is 0 Å². The van der Waals surface area contributed by atoms with Crippen LogP contribution in [-0.2, 0) is 0 Å². The van der Waals surface area contributed by atoms with Gasteiger partial charge in [-0.25, -0.2) is 0 Å². The summed E-state index contributed by atoms with van der Waals surface area (Å²) in [6.45, 7) is 3.28. The first-order valence-corrected chi connectivity index (χ1v) is 9.34. The maximum Gasteiger partial charge on any atom is 0.293 e. The summed E-state index contributed by atoms with van der Waals surface area (Å²) in [4.78, 5) is 37.9. The Morgan fingerprint density at radius 1 is 1.07 bits per heavy atom. The van der Waals surface area contributed by atoms with Gasteiger partial charge in [0, 0.05) is 43.9 Å². The number of non-ortho nitro benzene ring substituents is 1. The zero-order valence-corrected chi connectivity index (χ0v) is 16.3. The van der Waals surface area contributed by atoms with Crippen LogP contribution in [0.15, 0.2) is 42.5 Å². The molecule has 152 valence electrons. The number of nitro groups is 2. The van der Waals surface area contributed by atoms with E-state index in [0.717, 1.165) is 25.9 Å². The van der Waals surface area contributed by atoms with E-state index in [2.05, 4.69) is 0 Å². The lowest BCUT2D eigenvalue weighted by molar-refractivity contribution is -0.385. The van der Waals surface area contributed by atoms with Gasteiger partial charge in [0.05, 0.1) is 15.9 Å². The van der Waals surface area contributed by atoms with Crippen molar-refractivity contribution >= 4 is 23.0 Å². The molecule has 1 atom stereocenters. The molecule has 1 aliphatic heterocycles. The van der Waals surface area contributed by atoms with Crippen molar-refractivity contribution in [2.45, 2.75) is 25.8 Å². The van der Waals surface area contributed by atoms with Crippen LogP contribution in [0, 0.1) is 20.2 Å². The van der Waals surface area contributed by atoms with Gasteiger partial charge in [0.15, 0.2) is 0 Å². The first kappa shape index (κ1) is 20.2. The molecule has 2 aromatic rings. The lowest BCUT2D eigenvalue weighted by Gasteiger charge is -2.26. The number of hydrogen-bond donors (Lipinski definition) is 0. The number of anilines is 1. The maximum absolute atomic E-state index is 12.9. The molecule has 0 radical (unpaired) electrons. The number of carbonyl (C=O) groups is 1. The number of rotatable bonds is 6. The molecule has 1 saturated heterocycles. The van der Waals surface area contributed by atoms with Crippen LogP contribution in [0.4, 0.5) is 17.1 Å². The van der Waals surface area contributed by atoms with Gasteiger partial charge in [-0.15, -0.1) is 0 Å². The molecule has 1 fully saturated rings. The molecular formula is C20H22N4O5. The monoisotopic (exact) mass is 398 g/mol. The number of amides is 1. The molecule has 0 spiro atoms. The maximum atomic E-state index is 12.9. The fraction of sp³-hybridized carbons (Fsp3) is 0.350. The van der Waals surface area contributed by atoms with Crippen molar-refractivity contribution in [2.24, 2.45) is 0 Å². The summed E-state index contributed by atoms with van der Waals surface area (Å²) in [5.41, 5.74) is 1.20. The molecule has 1 heterocycles. The van der Waals surface area contributed by atoms with Gasteiger partial charge >= 0.3 is 0 Å². The van der Waals surface area contributed by atoms with E-state index < -0.39 is 15.9 Å². The third kappa shape index (κ3) is 4.18. The fourth-order valence-corrected chi connectivity index (χ4v) is 3.53. The first-order valence-electron chi connectivity index (χ1n) is 9.34. The zero-order valence-electron chi connectivity index (χ0n) is 16.3. The van der Waals surface area contributed by atoms with Crippen LogP contribution in [0.1, 0.15) is 41.7 Å². The van der Waals surface area contributed by atoms with Gasteiger partial charge in [0.2, 0.25) is 0 Å². The summed E-state index contributed by atoms with van der Waals surface area (Å²) in [6, 6.07) is 10.2. The zero-order chi connectivity index (χ0) is 21.1. The number of nitro benzene ring substituents is 2. The Morgan fingerprint density at radius 3 is 2.38 bits per heavy atom. The SMILES string of the molecule is CC(c1cccc([N+](=O)[O-])c1)N(C)C(=O)c1ccc(N2CCCC2)c([N+](=O)[O-])c1. The van der Waals surface area contributed by atoms with Gasteiger partial charge in [-0.1, -0.05) is 12.1 Å². The Labute approximate surface area is 167 Å². The van der Waals surface area contributed by atoms with Gasteiger partial charge in [0.25, 0.3) is 17.3 Å². The Bertz CT molecular complexity index is 956. The van der Waals surface area contributed by atoms with Crippen LogP contribution in [-0.4, -0.2) is 40.8 Å². The van der Waals surface area contributed by atoms with Crippen LogP contribution in [0.25, 0.3) is 0 Å². The minimum Gasteiger partial charge on any atom is -0.366 e. The average Bonchev–Trinajstić information content (AvgIpc) is 3.26. The van der Waals surface area contributed by atoms with Crippen LogP contribution < -0.4 is 4.90 Å². The minimum absolute atomic E-state index is 0.0548. The molecule has 9 heteroatoms. The standard InChI is InChI=1S/C20H22N4O5/c1-14(15-6-5-7-17(12-15)23(26)27)21(2)20(25)16-8-9-18(19(13-16)24(28)29)22-10-3-4-11-22/h5-9,12-14H,3-4,10-11H2,1-2H3. The molecule has 1 unspecified atom stereocenters. The molecule has 3 rings (SSSR count). The number of carbonyl (C=O) groups excluding carboxylic acids is 1. The predicted octanol–water partition coefficient (Wildman–Crippen LogP) is 3.94. The topological polar surface area (TPSA) is 110 Å². The van der Waals surface area contributed by atoms with E-state index >= 15 is 0 Å². The molecule has 29 heavy (non-hydrogen) atoms. The van der Waals surface area contributed by atoms with Crippen molar-refractivity contribution in [1.29, 1.82) is 0 Å². The minimum atomic E-state index is -0.488. The van der Waals surface area contributed by atoms with E-state index in [0.29, 0.717) is 11.3 Å². The Hall–Kier alpha value is -3.49. The van der Waals surface area contributed by atoms with Crippen molar-refractivity contribution in [3.05, 3.63) is 73.8 Å². The first-order chi connectivity index (χ1) is 13.8. The highest BCUT2D eigenvalue weighted by Gasteiger charge is 2.26. The van der Waals surface area contributed by atoms with Crippen molar-refractivity contribution < 1.29 is 14.6 Å². The lowest BCUT2D eigenvalue weighted by atomic mass is 10.0. The van der Waals surface area contributed by atoms with Gasteiger partial charge in [-0.2, -0.15) is 0 Å². The molecule has 2 aromatic carbocycles. The Kier molecular flexibility index (Phi) is 5.76. The van der Waals surface area contributed by atoms with Crippen LogP contribution >= 0.6 is 0 Å². The summed E-state index contributed by atoms with van der Waals surface area (Å²) in [6.07, 6.45) is 1.97. The molecule has 0 saturated carbocycles. The normalized spacial score (nSPS) is 14.5. The second kappa shape index (κ2) is 8.26. The molecule has 0 N–H and O–H groups in total. The third-order valence-corrected chi connectivity index (χ3v) is 5.33. The molecular weight excluding hydrogens is 376 g/mol. The number of nitrogens with zero attached hydrogens (tertiary/aromatic N) is 4. The summed E-state index contributed by atoms with van der Waals surface area (Å²) in [7, 11) is 1.58. The van der Waals surface area contributed by atoms with E-state index in [1.54, 1.807) is 38.2 Å². The summed E-state index contributed by atoms with van der Waals surface area (Å²) >= 11 is 0. The van der Waals surface area contributed by atoms with Gasteiger partial charge in [-0.05, 0) is 37.5 Å². The van der Waals surface area contributed by atoms with Gasteiger partial charge in [0.1, 0.15) is 5.69 Å². The summed E-state index contributed by atoms with van der Waals surface area (Å²) in [5, 5.41) is 22.6. The van der Waals surface area contributed by atoms with Crippen LogP contribution in [0.2, 0.25) is 0 Å². The molecule has 0 aliphatic carbocycles. The number of hydrogen-bond acceptors (Lipinski definition) is 6. The highest BCUT2D eigenvalue weighted by atomic mass is 16.6. The Morgan fingerprint density at radius 2 is 1.76 bits per heavy atom. The molecule has 9 nitrogen and oxygen atoms in total. The van der Waals surface area contributed by atoms with E-state index in [-0.39, 0.29) is 22.8 Å². The van der Waals surface area contributed by atoms with Gasteiger partial charge < -0.3 is 9.80 Å². The Balaban J connectivity index is 1.87. The van der Waals surface area contributed by atoms with Crippen molar-refractivity contribution in [3.63, 3.8) is 0 Å². The quantitative estimate of drug-likeness (QED) is 0.538. The highest BCUT2D eigenvalue weighted by Crippen LogP contribution is 2.32. The largest absolute Gasteiger partial charge is 0.366 e. The van der Waals surface area contributed by atoms with Crippen molar-refractivity contribution in [3.8, 4) is 0 Å². The van der Waals surface area contributed by atoms with Crippen molar-refractivity contribution in [1.82, 2.24) is 4.90 Å². The smallest absolute Gasteiger partial charge is 0.293 e. The number of benzene rings is 2. The van der Waals surface area contributed by atoms with E-state index in [9.17, 15) is 25.0 Å². The molecule has 0 bridgehead atoms. The summed E-state index contributed by atoms with van der Waals surface area (Å²) in [5.74, 6) is -0.389. The molecule has 1 aliphatic rings. The molecule has 1 amide bonds. The molecule has 0 aromatic heterocycles. The van der Waals surface area contributed by atoms with E-state index in [1.807, 2.05) is 4.90 Å². The predicted molar refractivity (Wildman–Crippen MR) is 108 cm³/mol. The fourth-order valence-electron chi connectivity index (χ4n) is 3.53. The lowest BCUT2D eigenvalue weighted by Crippen LogP contribution is -2.30.